The highest BCUT2D eigenvalue weighted by molar-refractivity contribution is 9.10. The molecule has 0 aliphatic carbocycles. The Morgan fingerprint density at radius 2 is 1.95 bits per heavy atom. The number of hydrogen-bond donors (Lipinski definition) is 0. The number of rotatable bonds is 4. The topological polar surface area (TPSA) is 26.3 Å². The Bertz CT molecular complexity index is 615. The van der Waals surface area contributed by atoms with E-state index in [1.165, 1.54) is 11.6 Å². The first-order valence-corrected chi connectivity index (χ1v) is 7.09. The van der Waals surface area contributed by atoms with E-state index in [4.69, 9.17) is 4.74 Å². The van der Waals surface area contributed by atoms with E-state index in [-0.39, 0.29) is 12.6 Å². The van der Waals surface area contributed by atoms with Gasteiger partial charge in [0.15, 0.2) is 0 Å². The minimum Gasteiger partial charge on any atom is -0.458 e. The summed E-state index contributed by atoms with van der Waals surface area (Å²) < 4.78 is 6.16. The molecule has 0 N–H and O–H groups in total. The van der Waals surface area contributed by atoms with Crippen LogP contribution in [-0.2, 0) is 16.1 Å². The second-order valence-electron chi connectivity index (χ2n) is 4.48. The van der Waals surface area contributed by atoms with Gasteiger partial charge in [-0.25, -0.2) is 4.79 Å². The summed E-state index contributed by atoms with van der Waals surface area (Å²) in [6, 6.07) is 15.6. The molecule has 0 spiro atoms. The molecule has 0 aliphatic rings. The summed E-state index contributed by atoms with van der Waals surface area (Å²) in [6.07, 6.45) is 3.20. The predicted molar refractivity (Wildman–Crippen MR) is 84.2 cm³/mol. The van der Waals surface area contributed by atoms with Crippen LogP contribution in [0.1, 0.15) is 16.7 Å². The van der Waals surface area contributed by atoms with Gasteiger partial charge in [-0.3, -0.25) is 0 Å². The van der Waals surface area contributed by atoms with Crippen molar-refractivity contribution in [2.45, 2.75) is 13.5 Å². The number of hydrogen-bond acceptors (Lipinski definition) is 2. The first kappa shape index (κ1) is 14.5. The van der Waals surface area contributed by atoms with Gasteiger partial charge >= 0.3 is 5.97 Å². The van der Waals surface area contributed by atoms with Gasteiger partial charge in [-0.15, -0.1) is 0 Å². The van der Waals surface area contributed by atoms with Gasteiger partial charge in [-0.05, 0) is 36.3 Å². The van der Waals surface area contributed by atoms with Crippen LogP contribution in [0.2, 0.25) is 0 Å². The van der Waals surface area contributed by atoms with Crippen LogP contribution in [0.3, 0.4) is 0 Å². The third-order valence-electron chi connectivity index (χ3n) is 2.76. The molecule has 20 heavy (non-hydrogen) atoms. The predicted octanol–water partition coefficient (Wildman–Crippen LogP) is 4.51. The molecule has 2 aromatic carbocycles. The van der Waals surface area contributed by atoms with Gasteiger partial charge in [0.05, 0.1) is 0 Å². The molecule has 0 radical (unpaired) electrons. The van der Waals surface area contributed by atoms with Gasteiger partial charge in [0.1, 0.15) is 6.61 Å². The van der Waals surface area contributed by atoms with Crippen LogP contribution >= 0.6 is 15.9 Å². The molecule has 0 atom stereocenters. The van der Waals surface area contributed by atoms with Gasteiger partial charge in [0.2, 0.25) is 0 Å². The average molecular weight is 331 g/mol. The summed E-state index contributed by atoms with van der Waals surface area (Å²) in [4.78, 5) is 11.6. The molecule has 0 bridgehead atoms. The number of esters is 1. The number of aryl methyl sites for hydroxylation is 1. The lowest BCUT2D eigenvalue weighted by atomic mass is 10.1. The fraction of sp³-hybridized carbons (Fsp3) is 0.118. The summed E-state index contributed by atoms with van der Waals surface area (Å²) >= 11 is 3.38. The summed E-state index contributed by atoms with van der Waals surface area (Å²) in [5.41, 5.74) is 3.13. The zero-order valence-electron chi connectivity index (χ0n) is 11.2. The first-order valence-electron chi connectivity index (χ1n) is 6.29. The van der Waals surface area contributed by atoms with E-state index in [0.29, 0.717) is 0 Å². The van der Waals surface area contributed by atoms with Crippen molar-refractivity contribution >= 4 is 28.0 Å². The molecule has 0 aliphatic heterocycles. The lowest BCUT2D eigenvalue weighted by Gasteiger charge is -2.02. The zero-order valence-corrected chi connectivity index (χ0v) is 12.8. The number of halogens is 1. The lowest BCUT2D eigenvalue weighted by Crippen LogP contribution is -2.00. The minimum atomic E-state index is -0.342. The van der Waals surface area contributed by atoms with Crippen molar-refractivity contribution in [2.75, 3.05) is 0 Å². The molecule has 0 unspecified atom stereocenters. The average Bonchev–Trinajstić information content (AvgIpc) is 2.45. The Morgan fingerprint density at radius 3 is 2.65 bits per heavy atom. The molecule has 0 aromatic heterocycles. The fourth-order valence-electron chi connectivity index (χ4n) is 1.67. The third kappa shape index (κ3) is 4.67. The summed E-state index contributed by atoms with van der Waals surface area (Å²) in [5, 5.41) is 0. The second-order valence-corrected chi connectivity index (χ2v) is 5.40. The highest BCUT2D eigenvalue weighted by Crippen LogP contribution is 2.12. The largest absolute Gasteiger partial charge is 0.458 e. The van der Waals surface area contributed by atoms with Crippen molar-refractivity contribution in [2.24, 2.45) is 0 Å². The number of ether oxygens (including phenoxy) is 1. The van der Waals surface area contributed by atoms with Crippen molar-refractivity contribution < 1.29 is 9.53 Å². The maximum Gasteiger partial charge on any atom is 0.331 e. The van der Waals surface area contributed by atoms with E-state index < -0.39 is 0 Å². The molecule has 2 aromatic rings. The molecule has 0 saturated carbocycles. The SMILES string of the molecule is Cc1ccc(/C=C/C(=O)OCc2cccc(Br)c2)cc1. The van der Waals surface area contributed by atoms with Gasteiger partial charge in [0, 0.05) is 10.5 Å². The Balaban J connectivity index is 1.88. The van der Waals surface area contributed by atoms with Crippen LogP contribution in [0.5, 0.6) is 0 Å². The van der Waals surface area contributed by atoms with Crippen molar-refractivity contribution in [1.82, 2.24) is 0 Å². The van der Waals surface area contributed by atoms with Crippen LogP contribution < -0.4 is 0 Å². The van der Waals surface area contributed by atoms with Crippen LogP contribution in [0.4, 0.5) is 0 Å². The van der Waals surface area contributed by atoms with Gasteiger partial charge < -0.3 is 4.74 Å². The van der Waals surface area contributed by atoms with Gasteiger partial charge in [-0.2, -0.15) is 0 Å². The Morgan fingerprint density at radius 1 is 1.20 bits per heavy atom. The van der Waals surface area contributed by atoms with Crippen LogP contribution in [0.25, 0.3) is 6.08 Å². The molecular formula is C17H15BrO2. The minimum absolute atomic E-state index is 0.274. The van der Waals surface area contributed by atoms with Crippen LogP contribution in [-0.4, -0.2) is 5.97 Å². The van der Waals surface area contributed by atoms with E-state index in [9.17, 15) is 4.79 Å². The monoisotopic (exact) mass is 330 g/mol. The first-order chi connectivity index (χ1) is 9.63. The van der Waals surface area contributed by atoms with Crippen LogP contribution in [0, 0.1) is 6.92 Å². The Hall–Kier alpha value is -1.87. The van der Waals surface area contributed by atoms with E-state index in [2.05, 4.69) is 15.9 Å². The standard InChI is InChI=1S/C17H15BrO2/c1-13-5-7-14(8-6-13)9-10-17(19)20-12-15-3-2-4-16(18)11-15/h2-11H,12H2,1H3/b10-9+. The van der Waals surface area contributed by atoms with E-state index in [1.807, 2.05) is 55.5 Å². The molecule has 0 fully saturated rings. The molecule has 2 rings (SSSR count). The zero-order chi connectivity index (χ0) is 14.4. The molecule has 0 amide bonds. The maximum atomic E-state index is 11.6. The van der Waals surface area contributed by atoms with Crippen molar-refractivity contribution in [3.05, 3.63) is 75.8 Å². The third-order valence-corrected chi connectivity index (χ3v) is 3.25. The number of carbonyl (C=O) groups excluding carboxylic acids is 1. The van der Waals surface area contributed by atoms with E-state index >= 15 is 0 Å². The van der Waals surface area contributed by atoms with Gasteiger partial charge in [-0.1, -0.05) is 57.9 Å². The van der Waals surface area contributed by atoms with Gasteiger partial charge in [0.25, 0.3) is 0 Å². The molecular weight excluding hydrogens is 316 g/mol. The van der Waals surface area contributed by atoms with Crippen molar-refractivity contribution in [3.63, 3.8) is 0 Å². The number of carbonyl (C=O) groups is 1. The quantitative estimate of drug-likeness (QED) is 0.608. The normalized spacial score (nSPS) is 10.7. The number of benzene rings is 2. The van der Waals surface area contributed by atoms with Crippen molar-refractivity contribution in [1.29, 1.82) is 0 Å². The Labute approximate surface area is 127 Å². The fourth-order valence-corrected chi connectivity index (χ4v) is 2.12. The van der Waals surface area contributed by atoms with E-state index in [0.717, 1.165) is 15.6 Å². The van der Waals surface area contributed by atoms with E-state index in [1.54, 1.807) is 6.08 Å². The smallest absolute Gasteiger partial charge is 0.331 e. The molecule has 102 valence electrons. The van der Waals surface area contributed by atoms with Crippen LogP contribution in [0.15, 0.2) is 59.1 Å². The molecule has 3 heteroatoms. The Kier molecular flexibility index (Phi) is 5.13. The second kappa shape index (κ2) is 7.06. The molecule has 0 heterocycles. The maximum absolute atomic E-state index is 11.6. The highest BCUT2D eigenvalue weighted by atomic mass is 79.9. The molecule has 2 nitrogen and oxygen atoms in total. The lowest BCUT2D eigenvalue weighted by molar-refractivity contribution is -0.138. The summed E-state index contributed by atoms with van der Waals surface area (Å²) in [7, 11) is 0. The summed E-state index contributed by atoms with van der Waals surface area (Å²) in [5.74, 6) is -0.342. The van der Waals surface area contributed by atoms with Crippen molar-refractivity contribution in [3.8, 4) is 0 Å². The summed E-state index contributed by atoms with van der Waals surface area (Å²) in [6.45, 7) is 2.30. The highest BCUT2D eigenvalue weighted by Gasteiger charge is 1.99. The molecule has 0 saturated heterocycles.